The van der Waals surface area contributed by atoms with E-state index < -0.39 is 0 Å². The highest BCUT2D eigenvalue weighted by Gasteiger charge is 2.61. The summed E-state index contributed by atoms with van der Waals surface area (Å²) in [6, 6.07) is 8.88. The number of nitrogens with one attached hydrogen (secondary N) is 1. The number of fused-ring (bicyclic) bond motifs is 2. The lowest BCUT2D eigenvalue weighted by Gasteiger charge is -2.42. The standard InChI is InChI=1S/C23H26N4O4/c1-14(2)31-18-9-17-15(10-27(26-17)23-11-22(3,12-23)30-13-23)8-16(18)21(28)25-19-6-5-7-20(24-19)29-4/h5-10,14H,11-13H2,1-4H3,(H,24,25,28). The van der Waals surface area contributed by atoms with Crippen LogP contribution in [0.25, 0.3) is 10.9 Å². The van der Waals surface area contributed by atoms with Crippen LogP contribution < -0.4 is 14.8 Å². The fourth-order valence-corrected chi connectivity index (χ4v) is 4.69. The molecule has 2 aliphatic heterocycles. The molecule has 1 aromatic carbocycles. The zero-order valence-electron chi connectivity index (χ0n) is 18.1. The van der Waals surface area contributed by atoms with Gasteiger partial charge in [-0.25, -0.2) is 0 Å². The molecule has 2 aromatic heterocycles. The molecule has 0 atom stereocenters. The first kappa shape index (κ1) is 19.8. The lowest BCUT2D eigenvalue weighted by atomic mass is 9.69. The van der Waals surface area contributed by atoms with Gasteiger partial charge >= 0.3 is 0 Å². The van der Waals surface area contributed by atoms with E-state index >= 15 is 0 Å². The van der Waals surface area contributed by atoms with E-state index in [0.29, 0.717) is 29.6 Å². The van der Waals surface area contributed by atoms with Crippen molar-refractivity contribution in [2.75, 3.05) is 19.0 Å². The van der Waals surface area contributed by atoms with Crippen LogP contribution in [0.1, 0.15) is 44.0 Å². The Hall–Kier alpha value is -3.13. The van der Waals surface area contributed by atoms with Gasteiger partial charge in [-0.3, -0.25) is 9.48 Å². The van der Waals surface area contributed by atoms with Crippen LogP contribution in [0.4, 0.5) is 5.82 Å². The predicted molar refractivity (Wildman–Crippen MR) is 116 cm³/mol. The van der Waals surface area contributed by atoms with Gasteiger partial charge in [-0.05, 0) is 32.9 Å². The molecule has 2 bridgehead atoms. The highest BCUT2D eigenvalue weighted by Crippen LogP contribution is 2.55. The fourth-order valence-electron chi connectivity index (χ4n) is 4.69. The molecule has 1 saturated carbocycles. The van der Waals surface area contributed by atoms with Crippen LogP contribution in [0.5, 0.6) is 11.6 Å². The molecular weight excluding hydrogens is 396 g/mol. The second kappa shape index (κ2) is 6.95. The van der Waals surface area contributed by atoms with Crippen LogP contribution in [-0.2, 0) is 10.3 Å². The second-order valence-corrected chi connectivity index (χ2v) is 8.98. The molecular formula is C23H26N4O4. The maximum atomic E-state index is 13.1. The molecule has 0 unspecified atom stereocenters. The summed E-state index contributed by atoms with van der Waals surface area (Å²) in [7, 11) is 1.54. The molecule has 3 aromatic rings. The number of pyridine rings is 1. The summed E-state index contributed by atoms with van der Waals surface area (Å²) in [6.07, 6.45) is 3.83. The van der Waals surface area contributed by atoms with Crippen molar-refractivity contribution in [1.29, 1.82) is 0 Å². The van der Waals surface area contributed by atoms with Crippen molar-refractivity contribution >= 4 is 22.6 Å². The molecule has 3 aliphatic rings. The Morgan fingerprint density at radius 3 is 2.77 bits per heavy atom. The molecule has 2 saturated heterocycles. The minimum absolute atomic E-state index is 0.0289. The highest BCUT2D eigenvalue weighted by atomic mass is 16.5. The summed E-state index contributed by atoms with van der Waals surface area (Å²) < 4.78 is 19.0. The SMILES string of the molecule is COc1cccc(NC(=O)c2cc3cn(C45COC(C)(C4)C5)nc3cc2OC(C)C)n1. The number of benzene rings is 1. The minimum atomic E-state index is -0.301. The molecule has 4 heterocycles. The lowest BCUT2D eigenvalue weighted by molar-refractivity contribution is 0.00383. The minimum Gasteiger partial charge on any atom is -0.490 e. The quantitative estimate of drug-likeness (QED) is 0.651. The second-order valence-electron chi connectivity index (χ2n) is 8.98. The van der Waals surface area contributed by atoms with Gasteiger partial charge < -0.3 is 19.5 Å². The van der Waals surface area contributed by atoms with Crippen LogP contribution in [0.3, 0.4) is 0 Å². The molecule has 6 rings (SSSR count). The Balaban J connectivity index is 1.50. The van der Waals surface area contributed by atoms with Gasteiger partial charge in [-0.2, -0.15) is 10.1 Å². The third-order valence-corrected chi connectivity index (χ3v) is 5.97. The Morgan fingerprint density at radius 2 is 2.10 bits per heavy atom. The van der Waals surface area contributed by atoms with Crippen molar-refractivity contribution in [2.45, 2.75) is 50.9 Å². The third kappa shape index (κ3) is 3.40. The number of hydrogen-bond donors (Lipinski definition) is 1. The largest absolute Gasteiger partial charge is 0.490 e. The van der Waals surface area contributed by atoms with Gasteiger partial charge in [0.05, 0.1) is 42.0 Å². The number of carbonyl (C=O) groups is 1. The lowest BCUT2D eigenvalue weighted by Crippen LogP contribution is -2.49. The number of amides is 1. The Morgan fingerprint density at radius 1 is 1.29 bits per heavy atom. The normalized spacial score (nSPS) is 24.3. The van der Waals surface area contributed by atoms with Gasteiger partial charge in [0.1, 0.15) is 11.6 Å². The van der Waals surface area contributed by atoms with Gasteiger partial charge in [-0.1, -0.05) is 6.07 Å². The number of methoxy groups -OCH3 is 1. The van der Waals surface area contributed by atoms with Crippen LogP contribution in [-0.4, -0.2) is 46.1 Å². The number of anilines is 1. The first-order chi connectivity index (χ1) is 14.8. The highest BCUT2D eigenvalue weighted by molar-refractivity contribution is 6.08. The van der Waals surface area contributed by atoms with Gasteiger partial charge in [0, 0.05) is 36.6 Å². The molecule has 1 N–H and O–H groups in total. The average Bonchev–Trinajstić information content (AvgIpc) is 3.37. The van der Waals surface area contributed by atoms with Gasteiger partial charge in [0.2, 0.25) is 5.88 Å². The first-order valence-corrected chi connectivity index (χ1v) is 10.5. The van der Waals surface area contributed by atoms with Crippen molar-refractivity contribution in [3.63, 3.8) is 0 Å². The van der Waals surface area contributed by atoms with Crippen LogP contribution >= 0.6 is 0 Å². The smallest absolute Gasteiger partial charge is 0.260 e. The van der Waals surface area contributed by atoms with E-state index in [2.05, 4.69) is 17.2 Å². The maximum Gasteiger partial charge on any atom is 0.260 e. The van der Waals surface area contributed by atoms with Crippen LogP contribution in [0.15, 0.2) is 36.5 Å². The van der Waals surface area contributed by atoms with Crippen molar-refractivity contribution in [3.05, 3.63) is 42.1 Å². The summed E-state index contributed by atoms with van der Waals surface area (Å²) in [6.45, 7) is 6.67. The van der Waals surface area contributed by atoms with Crippen molar-refractivity contribution < 1.29 is 19.0 Å². The van der Waals surface area contributed by atoms with Crippen molar-refractivity contribution in [2.24, 2.45) is 0 Å². The molecule has 3 fully saturated rings. The molecule has 8 heteroatoms. The van der Waals surface area contributed by atoms with Gasteiger partial charge in [-0.15, -0.1) is 0 Å². The number of hydrogen-bond acceptors (Lipinski definition) is 6. The van der Waals surface area contributed by atoms with E-state index in [1.54, 1.807) is 18.2 Å². The van der Waals surface area contributed by atoms with Crippen LogP contribution in [0.2, 0.25) is 0 Å². The van der Waals surface area contributed by atoms with Crippen molar-refractivity contribution in [3.8, 4) is 11.6 Å². The Labute approximate surface area is 180 Å². The molecule has 0 radical (unpaired) electrons. The topological polar surface area (TPSA) is 87.5 Å². The number of nitrogens with zero attached hydrogens (tertiary/aromatic N) is 3. The summed E-state index contributed by atoms with van der Waals surface area (Å²) in [5.41, 5.74) is 1.11. The Kier molecular flexibility index (Phi) is 4.44. The predicted octanol–water partition coefficient (Wildman–Crippen LogP) is 3.76. The van der Waals surface area contributed by atoms with Gasteiger partial charge in [0.15, 0.2) is 0 Å². The number of aromatic nitrogens is 3. The molecule has 8 nitrogen and oxygen atoms in total. The number of carbonyl (C=O) groups excluding carboxylic acids is 1. The zero-order chi connectivity index (χ0) is 21.8. The summed E-state index contributed by atoms with van der Waals surface area (Å²) in [5, 5.41) is 8.53. The molecule has 1 amide bonds. The monoisotopic (exact) mass is 422 g/mol. The van der Waals surface area contributed by atoms with Crippen LogP contribution in [0, 0.1) is 0 Å². The maximum absolute atomic E-state index is 13.1. The third-order valence-electron chi connectivity index (χ3n) is 5.97. The average molecular weight is 422 g/mol. The Bertz CT molecular complexity index is 1160. The number of ether oxygens (including phenoxy) is 3. The fraction of sp³-hybridized carbons (Fsp3) is 0.435. The van der Waals surface area contributed by atoms with E-state index in [4.69, 9.17) is 19.3 Å². The van der Waals surface area contributed by atoms with E-state index in [1.165, 1.54) is 7.11 Å². The molecule has 162 valence electrons. The van der Waals surface area contributed by atoms with E-state index in [1.807, 2.05) is 36.9 Å². The van der Waals surface area contributed by atoms with E-state index in [0.717, 1.165) is 23.7 Å². The van der Waals surface area contributed by atoms with E-state index in [9.17, 15) is 4.79 Å². The first-order valence-electron chi connectivity index (χ1n) is 10.5. The summed E-state index contributed by atoms with van der Waals surface area (Å²) in [5.74, 6) is 1.03. The summed E-state index contributed by atoms with van der Waals surface area (Å²) in [4.78, 5) is 17.4. The van der Waals surface area contributed by atoms with Gasteiger partial charge in [0.25, 0.3) is 5.91 Å². The molecule has 31 heavy (non-hydrogen) atoms. The summed E-state index contributed by atoms with van der Waals surface area (Å²) >= 11 is 0. The van der Waals surface area contributed by atoms with E-state index in [-0.39, 0.29) is 23.2 Å². The molecule has 0 spiro atoms. The van der Waals surface area contributed by atoms with Crippen molar-refractivity contribution in [1.82, 2.24) is 14.8 Å². The zero-order valence-corrected chi connectivity index (χ0v) is 18.1. The molecule has 1 aliphatic carbocycles. The number of rotatable bonds is 6.